The number of alkyl halides is 3. The number of amides is 2. The highest BCUT2D eigenvalue weighted by Crippen LogP contribution is 2.34. The molecular formula is C35H34Cl2F3N3O4S. The van der Waals surface area contributed by atoms with E-state index in [2.05, 4.69) is 5.32 Å². The van der Waals surface area contributed by atoms with Crippen LogP contribution in [0.3, 0.4) is 0 Å². The second-order valence-corrected chi connectivity index (χ2v) is 14.1. The molecule has 13 heteroatoms. The third kappa shape index (κ3) is 9.09. The molecular weight excluding hydrogens is 686 g/mol. The monoisotopic (exact) mass is 719 g/mol. The Bertz CT molecular complexity index is 1840. The molecule has 1 atom stereocenters. The first kappa shape index (κ1) is 36.8. The number of aryl methyl sites for hydroxylation is 1. The number of anilines is 1. The van der Waals surface area contributed by atoms with Crippen molar-refractivity contribution in [3.63, 3.8) is 0 Å². The molecule has 2 amide bonds. The van der Waals surface area contributed by atoms with Crippen molar-refractivity contribution < 1.29 is 31.2 Å². The minimum Gasteiger partial charge on any atom is -0.352 e. The highest BCUT2D eigenvalue weighted by Gasteiger charge is 2.37. The zero-order chi connectivity index (χ0) is 35.2. The maximum atomic E-state index is 14.5. The van der Waals surface area contributed by atoms with E-state index in [0.717, 1.165) is 17.7 Å². The van der Waals surface area contributed by atoms with Crippen LogP contribution in [0.4, 0.5) is 18.9 Å². The number of hydrogen-bond acceptors (Lipinski definition) is 4. The number of carbonyl (C=O) groups excluding carboxylic acids is 2. The minimum atomic E-state index is -4.79. The average molecular weight is 721 g/mol. The smallest absolute Gasteiger partial charge is 0.352 e. The first-order valence-corrected chi connectivity index (χ1v) is 17.1. The van der Waals surface area contributed by atoms with Crippen LogP contribution in [0.25, 0.3) is 0 Å². The molecule has 254 valence electrons. The van der Waals surface area contributed by atoms with Crippen LogP contribution in [0, 0.1) is 6.92 Å². The second kappa shape index (κ2) is 15.4. The lowest BCUT2D eigenvalue weighted by Gasteiger charge is -2.34. The van der Waals surface area contributed by atoms with Crippen molar-refractivity contribution in [1.29, 1.82) is 0 Å². The zero-order valence-electron chi connectivity index (χ0n) is 26.3. The Kier molecular flexibility index (Phi) is 11.8. The predicted octanol–water partition coefficient (Wildman–Crippen LogP) is 7.68. The highest BCUT2D eigenvalue weighted by atomic mass is 35.5. The van der Waals surface area contributed by atoms with Gasteiger partial charge in [0.2, 0.25) is 11.8 Å². The van der Waals surface area contributed by atoms with E-state index in [1.165, 1.54) is 35.2 Å². The van der Waals surface area contributed by atoms with E-state index in [0.29, 0.717) is 21.5 Å². The van der Waals surface area contributed by atoms with E-state index in [4.69, 9.17) is 23.2 Å². The van der Waals surface area contributed by atoms with E-state index in [-0.39, 0.29) is 39.6 Å². The van der Waals surface area contributed by atoms with Gasteiger partial charge in [0, 0.05) is 34.6 Å². The van der Waals surface area contributed by atoms with Gasteiger partial charge in [-0.3, -0.25) is 13.9 Å². The molecule has 0 aliphatic carbocycles. The van der Waals surface area contributed by atoms with Crippen molar-refractivity contribution in [2.45, 2.75) is 56.9 Å². The molecule has 48 heavy (non-hydrogen) atoms. The molecule has 0 unspecified atom stereocenters. The van der Waals surface area contributed by atoms with E-state index in [1.807, 2.05) is 0 Å². The van der Waals surface area contributed by atoms with Gasteiger partial charge < -0.3 is 10.2 Å². The molecule has 0 aromatic heterocycles. The molecule has 0 radical (unpaired) electrons. The second-order valence-electron chi connectivity index (χ2n) is 11.5. The maximum Gasteiger partial charge on any atom is 0.416 e. The van der Waals surface area contributed by atoms with E-state index in [9.17, 15) is 31.2 Å². The molecule has 0 bridgehead atoms. The van der Waals surface area contributed by atoms with Crippen LogP contribution in [-0.4, -0.2) is 43.8 Å². The Labute approximate surface area is 288 Å². The Morgan fingerprint density at radius 1 is 0.854 bits per heavy atom. The van der Waals surface area contributed by atoms with Crippen LogP contribution >= 0.6 is 23.2 Å². The van der Waals surface area contributed by atoms with Gasteiger partial charge in [-0.05, 0) is 68.8 Å². The van der Waals surface area contributed by atoms with Gasteiger partial charge in [0.15, 0.2) is 0 Å². The topological polar surface area (TPSA) is 86.8 Å². The lowest BCUT2D eigenvalue weighted by molar-refractivity contribution is -0.140. The first-order chi connectivity index (χ1) is 22.6. The third-order valence-corrected chi connectivity index (χ3v) is 9.94. The highest BCUT2D eigenvalue weighted by molar-refractivity contribution is 7.92. The summed E-state index contributed by atoms with van der Waals surface area (Å²) in [5.41, 5.74) is 0.261. The summed E-state index contributed by atoms with van der Waals surface area (Å²) >= 11 is 13.0. The molecule has 0 saturated carbocycles. The van der Waals surface area contributed by atoms with Crippen LogP contribution < -0.4 is 9.62 Å². The Morgan fingerprint density at radius 2 is 1.46 bits per heavy atom. The van der Waals surface area contributed by atoms with Gasteiger partial charge in [0.05, 0.1) is 16.1 Å². The van der Waals surface area contributed by atoms with Gasteiger partial charge in [-0.2, -0.15) is 13.2 Å². The molecule has 0 saturated heterocycles. The summed E-state index contributed by atoms with van der Waals surface area (Å²) < 4.78 is 70.3. The van der Waals surface area contributed by atoms with E-state index >= 15 is 0 Å². The van der Waals surface area contributed by atoms with Gasteiger partial charge in [-0.1, -0.05) is 83.4 Å². The Balaban J connectivity index is 1.88. The molecule has 7 nitrogen and oxygen atoms in total. The lowest BCUT2D eigenvalue weighted by atomic mass is 10.0. The molecule has 0 aliphatic heterocycles. The fraction of sp³-hybridized carbons (Fsp3) is 0.257. The standard InChI is InChI=1S/C35H34Cl2F3N3O4S/c1-23(2)41-34(45)32(19-25-9-5-4-6-10-25)42(21-29-30(36)13-8-14-31(29)37)33(44)22-43(27-12-7-11-26(20-27)35(38,39)40)48(46,47)28-17-15-24(3)16-18-28/h4-18,20,23,32H,19,21-22H2,1-3H3,(H,41,45)/t32-/m1/s1. The average Bonchev–Trinajstić information content (AvgIpc) is 3.02. The maximum absolute atomic E-state index is 14.5. The summed E-state index contributed by atoms with van der Waals surface area (Å²) in [5, 5.41) is 3.23. The van der Waals surface area contributed by atoms with Crippen LogP contribution in [0.15, 0.2) is 102 Å². The molecule has 4 rings (SSSR count). The van der Waals surface area contributed by atoms with Gasteiger partial charge in [-0.15, -0.1) is 0 Å². The predicted molar refractivity (Wildman–Crippen MR) is 181 cm³/mol. The largest absolute Gasteiger partial charge is 0.416 e. The summed E-state index contributed by atoms with van der Waals surface area (Å²) in [7, 11) is -4.61. The number of carbonyl (C=O) groups is 2. The van der Waals surface area contributed by atoms with E-state index in [1.54, 1.807) is 69.3 Å². The van der Waals surface area contributed by atoms with Crippen molar-refractivity contribution in [3.8, 4) is 0 Å². The number of rotatable bonds is 12. The normalized spacial score (nSPS) is 12.4. The zero-order valence-corrected chi connectivity index (χ0v) is 28.7. The Morgan fingerprint density at radius 3 is 2.04 bits per heavy atom. The molecule has 0 heterocycles. The summed E-state index contributed by atoms with van der Waals surface area (Å²) in [4.78, 5) is 29.2. The summed E-state index contributed by atoms with van der Waals surface area (Å²) in [6, 6.07) is 21.5. The third-order valence-electron chi connectivity index (χ3n) is 7.44. The summed E-state index contributed by atoms with van der Waals surface area (Å²) in [5.74, 6) is -1.41. The van der Waals surface area contributed by atoms with Crippen molar-refractivity contribution >= 4 is 50.7 Å². The van der Waals surface area contributed by atoms with Crippen LogP contribution in [0.5, 0.6) is 0 Å². The summed E-state index contributed by atoms with van der Waals surface area (Å²) in [6.45, 7) is 3.99. The SMILES string of the molecule is Cc1ccc(S(=O)(=O)N(CC(=O)N(Cc2c(Cl)cccc2Cl)[C@H](Cc2ccccc2)C(=O)NC(C)C)c2cccc(C(F)(F)F)c2)cc1. The first-order valence-electron chi connectivity index (χ1n) is 14.9. The molecule has 4 aromatic rings. The Hall–Kier alpha value is -4.06. The van der Waals surface area contributed by atoms with Crippen LogP contribution in [-0.2, 0) is 38.8 Å². The van der Waals surface area contributed by atoms with Gasteiger partial charge in [0.1, 0.15) is 12.6 Å². The van der Waals surface area contributed by atoms with Gasteiger partial charge in [-0.25, -0.2) is 8.42 Å². The van der Waals surface area contributed by atoms with Crippen LogP contribution in [0.1, 0.15) is 36.1 Å². The lowest BCUT2D eigenvalue weighted by Crippen LogP contribution is -2.54. The fourth-order valence-corrected chi connectivity index (χ4v) is 6.91. The summed E-state index contributed by atoms with van der Waals surface area (Å²) in [6.07, 6.45) is -4.76. The molecule has 4 aromatic carbocycles. The number of nitrogens with one attached hydrogen (secondary N) is 1. The minimum absolute atomic E-state index is 0.0292. The number of nitrogens with zero attached hydrogens (tertiary/aromatic N) is 2. The van der Waals surface area contributed by atoms with Crippen molar-refractivity contribution in [2.75, 3.05) is 10.8 Å². The molecule has 0 spiro atoms. The van der Waals surface area contributed by atoms with Gasteiger partial charge in [0.25, 0.3) is 10.0 Å². The van der Waals surface area contributed by atoms with Crippen molar-refractivity contribution in [3.05, 3.63) is 129 Å². The van der Waals surface area contributed by atoms with Crippen molar-refractivity contribution in [2.24, 2.45) is 0 Å². The number of benzene rings is 4. The molecule has 1 N–H and O–H groups in total. The number of halogens is 5. The molecule has 0 aliphatic rings. The van der Waals surface area contributed by atoms with E-state index < -0.39 is 46.2 Å². The quantitative estimate of drug-likeness (QED) is 0.163. The number of sulfonamides is 1. The van der Waals surface area contributed by atoms with Gasteiger partial charge >= 0.3 is 6.18 Å². The fourth-order valence-electron chi connectivity index (χ4n) is 4.99. The van der Waals surface area contributed by atoms with Crippen LogP contribution in [0.2, 0.25) is 10.0 Å². The van der Waals surface area contributed by atoms with Crippen molar-refractivity contribution in [1.82, 2.24) is 10.2 Å². The number of hydrogen-bond donors (Lipinski definition) is 1. The molecule has 0 fully saturated rings.